The van der Waals surface area contributed by atoms with Crippen molar-refractivity contribution in [1.82, 2.24) is 0 Å². The second kappa shape index (κ2) is 10.3. The second-order valence-electron chi connectivity index (χ2n) is 15.1. The molecule has 246 valence electrons. The molecule has 1 aliphatic heterocycles. The first kappa shape index (κ1) is 31.6. The Bertz CT molecular complexity index is 1620. The lowest BCUT2D eigenvalue weighted by molar-refractivity contribution is -0.241. The average molecular weight is 636 g/mol. The van der Waals surface area contributed by atoms with Gasteiger partial charge < -0.3 is 25.4 Å². The largest absolute Gasteiger partial charge is 0.399 e. The molecule has 46 heavy (non-hydrogen) atoms. The fourth-order valence-corrected chi connectivity index (χ4v) is 10.1. The van der Waals surface area contributed by atoms with E-state index in [1.54, 1.807) is 13.8 Å². The van der Waals surface area contributed by atoms with Crippen LogP contribution in [0.5, 0.6) is 0 Å². The van der Waals surface area contributed by atoms with Crippen molar-refractivity contribution < 1.29 is 38.1 Å². The van der Waals surface area contributed by atoms with E-state index in [1.807, 2.05) is 43.3 Å². The van der Waals surface area contributed by atoms with Crippen LogP contribution in [0.2, 0.25) is 0 Å². The molecule has 1 saturated heterocycles. The van der Waals surface area contributed by atoms with Gasteiger partial charge in [0.25, 0.3) is 0 Å². The molecule has 3 saturated carbocycles. The lowest BCUT2D eigenvalue weighted by Gasteiger charge is -2.63. The Hall–Kier alpha value is -2.98. The van der Waals surface area contributed by atoms with Gasteiger partial charge in [0.2, 0.25) is 0 Å². The number of carbonyl (C=O) groups is 2. The number of ether oxygens (including phenoxy) is 2. The number of nitrogens with two attached hydrogens (primary N) is 1. The van der Waals surface area contributed by atoms with Gasteiger partial charge in [-0.1, -0.05) is 57.2 Å². The van der Waals surface area contributed by atoms with Gasteiger partial charge in [0.1, 0.15) is 12.8 Å². The first-order chi connectivity index (χ1) is 21.6. The predicted molar refractivity (Wildman–Crippen MR) is 168 cm³/mol. The van der Waals surface area contributed by atoms with Gasteiger partial charge in [-0.3, -0.25) is 9.59 Å². The maximum Gasteiger partial charge on any atom is 0.193 e. The normalized spacial score (nSPS) is 46.5. The molecule has 0 amide bonds. The van der Waals surface area contributed by atoms with E-state index in [4.69, 9.17) is 15.2 Å². The molecule has 0 spiro atoms. The summed E-state index contributed by atoms with van der Waals surface area (Å²) in [6.45, 7) is 6.64. The van der Waals surface area contributed by atoms with Gasteiger partial charge in [-0.05, 0) is 79.5 Å². The summed E-state index contributed by atoms with van der Waals surface area (Å²) in [7, 11) is 0. The van der Waals surface area contributed by atoms with Crippen LogP contribution in [0.4, 0.5) is 14.5 Å². The van der Waals surface area contributed by atoms with Crippen molar-refractivity contribution in [3.05, 3.63) is 77.4 Å². The number of allylic oxidation sites excluding steroid dienone is 7. The Balaban J connectivity index is 1.20. The summed E-state index contributed by atoms with van der Waals surface area (Å²) in [6, 6.07) is 7.79. The monoisotopic (exact) mass is 635 g/mol. The summed E-state index contributed by atoms with van der Waals surface area (Å²) >= 11 is 0. The van der Waals surface area contributed by atoms with Gasteiger partial charge in [-0.2, -0.15) is 0 Å². The predicted octanol–water partition coefficient (Wildman–Crippen LogP) is 5.24. The van der Waals surface area contributed by atoms with Crippen LogP contribution in [0.3, 0.4) is 0 Å². The highest BCUT2D eigenvalue weighted by molar-refractivity contribution is 6.01. The molecule has 1 aromatic carbocycles. The molecule has 9 heteroatoms. The molecule has 0 bridgehead atoms. The molecule has 6 aliphatic rings. The van der Waals surface area contributed by atoms with Gasteiger partial charge in [0, 0.05) is 33.8 Å². The average Bonchev–Trinajstić information content (AvgIpc) is 3.53. The van der Waals surface area contributed by atoms with E-state index >= 15 is 8.78 Å². The van der Waals surface area contributed by atoms with E-state index in [9.17, 15) is 19.8 Å². The number of benzene rings is 1. The second-order valence-corrected chi connectivity index (χ2v) is 15.1. The SMILES string of the molecule is CC(C1=CCC(C)([C@H]2O[C@@H]3C[C@H]4[C@@H]5C[C@H](F)C6=CC(=O)C=C[C@]6(C)[C@@]5(F)[C@@H](O)C[C@]4(C)[C@]3(C(=O)CO)O2)C=C1)c1cccc(N)c1. The van der Waals surface area contributed by atoms with E-state index in [1.165, 1.54) is 12.2 Å². The van der Waals surface area contributed by atoms with E-state index in [-0.39, 0.29) is 30.8 Å². The third kappa shape index (κ3) is 3.95. The summed E-state index contributed by atoms with van der Waals surface area (Å²) in [5.74, 6) is -2.47. The summed E-state index contributed by atoms with van der Waals surface area (Å²) in [5, 5.41) is 22.0. The minimum absolute atomic E-state index is 0.0443. The molecular formula is C37H43F2NO6. The number of anilines is 1. The van der Waals surface area contributed by atoms with Gasteiger partial charge >= 0.3 is 0 Å². The molecule has 5 aliphatic carbocycles. The number of alkyl halides is 2. The van der Waals surface area contributed by atoms with E-state index < -0.39 is 82.2 Å². The number of carbonyl (C=O) groups excluding carboxylic acids is 2. The van der Waals surface area contributed by atoms with Gasteiger partial charge in [-0.25, -0.2) is 8.78 Å². The molecule has 0 radical (unpaired) electrons. The van der Waals surface area contributed by atoms with Crippen molar-refractivity contribution in [2.45, 2.75) is 95.2 Å². The number of halogens is 2. The fourth-order valence-electron chi connectivity index (χ4n) is 10.1. The van der Waals surface area contributed by atoms with Crippen LogP contribution in [0.1, 0.15) is 64.9 Å². The van der Waals surface area contributed by atoms with Crippen molar-refractivity contribution in [3.8, 4) is 0 Å². The molecular weight excluding hydrogens is 592 g/mol. The lowest BCUT2D eigenvalue weighted by atomic mass is 9.44. The van der Waals surface area contributed by atoms with Gasteiger partial charge in [0.05, 0.1) is 12.2 Å². The highest BCUT2D eigenvalue weighted by Crippen LogP contribution is 2.72. The van der Waals surface area contributed by atoms with Crippen molar-refractivity contribution in [3.63, 3.8) is 0 Å². The van der Waals surface area contributed by atoms with Gasteiger partial charge in [0.15, 0.2) is 29.1 Å². The van der Waals surface area contributed by atoms with Crippen molar-refractivity contribution in [2.24, 2.45) is 28.1 Å². The molecule has 1 aromatic rings. The molecule has 2 unspecified atom stereocenters. The van der Waals surface area contributed by atoms with E-state index in [0.29, 0.717) is 12.1 Å². The first-order valence-electron chi connectivity index (χ1n) is 16.3. The topological polar surface area (TPSA) is 119 Å². The maximum absolute atomic E-state index is 17.6. The van der Waals surface area contributed by atoms with Crippen LogP contribution in [0.15, 0.2) is 71.9 Å². The number of rotatable bonds is 5. The van der Waals surface area contributed by atoms with E-state index in [0.717, 1.165) is 17.2 Å². The molecule has 7 nitrogen and oxygen atoms in total. The van der Waals surface area contributed by atoms with Crippen LogP contribution in [0.25, 0.3) is 0 Å². The summed E-state index contributed by atoms with van der Waals surface area (Å²) < 4.78 is 46.9. The number of hydrogen-bond acceptors (Lipinski definition) is 7. The Morgan fingerprint density at radius 3 is 2.59 bits per heavy atom. The molecule has 7 rings (SSSR count). The Morgan fingerprint density at radius 1 is 1.15 bits per heavy atom. The van der Waals surface area contributed by atoms with Gasteiger partial charge in [-0.15, -0.1) is 0 Å². The zero-order valence-corrected chi connectivity index (χ0v) is 26.7. The quantitative estimate of drug-likeness (QED) is 0.379. The minimum Gasteiger partial charge on any atom is -0.399 e. The smallest absolute Gasteiger partial charge is 0.193 e. The lowest BCUT2D eigenvalue weighted by Crippen LogP contribution is -2.71. The Morgan fingerprint density at radius 2 is 1.91 bits per heavy atom. The third-order valence-electron chi connectivity index (χ3n) is 12.8. The Labute approximate surface area is 268 Å². The van der Waals surface area contributed by atoms with Crippen molar-refractivity contribution >= 4 is 17.3 Å². The highest BCUT2D eigenvalue weighted by atomic mass is 19.1. The molecule has 12 atom stereocenters. The number of aliphatic hydroxyl groups is 2. The maximum atomic E-state index is 17.6. The summed E-state index contributed by atoms with van der Waals surface area (Å²) in [4.78, 5) is 26.0. The van der Waals surface area contributed by atoms with E-state index in [2.05, 4.69) is 13.0 Å². The summed E-state index contributed by atoms with van der Waals surface area (Å²) in [5.41, 5.74) is 1.67. The minimum atomic E-state index is -2.29. The number of Topliss-reactive ketones (excluding diaryl/α,β-unsaturated/α-hetero) is 1. The standard InChI is InChI=1S/C37H43F2NO6/c1-20(22-6-5-7-23(40)14-22)21-8-11-33(2,12-9-21)32-45-31-17-25-26-16-28(38)27-15-24(42)10-13-34(27,3)36(26,39)29(43)18-35(25,4)37(31,46-32)30(44)19-41/h5-11,13-15,20,25-26,28-29,31-32,41,43H,12,16-19,40H2,1-4H3/t20?,25-,26-,28-,29-,31+,32-,33?,34-,35-,36-,37+/m0/s1. The molecule has 4 N–H and O–H groups in total. The van der Waals surface area contributed by atoms with Crippen LogP contribution < -0.4 is 5.73 Å². The number of hydrogen-bond donors (Lipinski definition) is 3. The van der Waals surface area contributed by atoms with Crippen LogP contribution >= 0.6 is 0 Å². The molecule has 0 aromatic heterocycles. The number of aliphatic hydroxyl groups excluding tert-OH is 2. The molecule has 4 fully saturated rings. The van der Waals surface area contributed by atoms with Crippen LogP contribution in [0, 0.1) is 28.1 Å². The summed E-state index contributed by atoms with van der Waals surface area (Å²) in [6.07, 6.45) is 5.54. The third-order valence-corrected chi connectivity index (χ3v) is 12.8. The van der Waals surface area contributed by atoms with Crippen molar-refractivity contribution in [2.75, 3.05) is 12.3 Å². The highest BCUT2D eigenvalue weighted by Gasteiger charge is 2.80. The Kier molecular flexibility index (Phi) is 7.05. The molecule has 1 heterocycles. The fraction of sp³-hybridized carbons (Fsp3) is 0.568. The zero-order chi connectivity index (χ0) is 33.0. The first-order valence-corrected chi connectivity index (χ1v) is 16.3. The van der Waals surface area contributed by atoms with Crippen LogP contribution in [-0.4, -0.2) is 64.3 Å². The number of ketones is 2. The van der Waals surface area contributed by atoms with Crippen LogP contribution in [-0.2, 0) is 19.1 Å². The number of fused-ring (bicyclic) bond motifs is 7. The van der Waals surface area contributed by atoms with Crippen molar-refractivity contribution in [1.29, 1.82) is 0 Å². The zero-order valence-electron chi connectivity index (χ0n) is 26.7. The number of nitrogen functional groups attached to an aromatic ring is 1.